The fourth-order valence-corrected chi connectivity index (χ4v) is 3.15. The Morgan fingerprint density at radius 2 is 2.33 bits per heavy atom. The summed E-state index contributed by atoms with van der Waals surface area (Å²) >= 11 is 1.78. The van der Waals surface area contributed by atoms with Gasteiger partial charge in [0.15, 0.2) is 0 Å². The van der Waals surface area contributed by atoms with Gasteiger partial charge in [-0.1, -0.05) is 0 Å². The molecule has 0 saturated carbocycles. The van der Waals surface area contributed by atoms with E-state index in [0.29, 0.717) is 17.5 Å². The van der Waals surface area contributed by atoms with Crippen LogP contribution in [0, 0.1) is 0 Å². The number of thioether (sulfide) groups is 1. The van der Waals surface area contributed by atoms with Crippen molar-refractivity contribution in [2.24, 2.45) is 0 Å². The van der Waals surface area contributed by atoms with Crippen LogP contribution in [0.2, 0.25) is 0 Å². The molecule has 1 N–H and O–H groups in total. The zero-order valence-electron chi connectivity index (χ0n) is 10.7. The molecule has 5 heteroatoms. The molecule has 2 rings (SSSR count). The van der Waals surface area contributed by atoms with E-state index < -0.39 is 0 Å². The molecule has 0 unspecified atom stereocenters. The van der Waals surface area contributed by atoms with Crippen LogP contribution >= 0.6 is 11.8 Å². The Labute approximate surface area is 112 Å². The van der Waals surface area contributed by atoms with E-state index >= 15 is 0 Å². The second-order valence-electron chi connectivity index (χ2n) is 4.59. The summed E-state index contributed by atoms with van der Waals surface area (Å²) in [5, 5.41) is 3.97. The molecule has 2 heterocycles. The van der Waals surface area contributed by atoms with Crippen LogP contribution in [0.25, 0.3) is 0 Å². The highest BCUT2D eigenvalue weighted by atomic mass is 32.2. The van der Waals surface area contributed by atoms with Crippen molar-refractivity contribution in [1.29, 1.82) is 0 Å². The molecule has 18 heavy (non-hydrogen) atoms. The van der Waals surface area contributed by atoms with E-state index in [4.69, 9.17) is 4.42 Å². The topological polar surface area (TPSA) is 45.5 Å². The predicted octanol–water partition coefficient (Wildman–Crippen LogP) is 1.72. The SMILES string of the molecule is CN(Cc1ccco1)C(=O)CSC1CCNCC1. The summed E-state index contributed by atoms with van der Waals surface area (Å²) in [5.41, 5.74) is 0. The lowest BCUT2D eigenvalue weighted by Crippen LogP contribution is -2.32. The summed E-state index contributed by atoms with van der Waals surface area (Å²) in [5.74, 6) is 1.58. The maximum atomic E-state index is 12.0. The maximum absolute atomic E-state index is 12.0. The van der Waals surface area contributed by atoms with E-state index in [1.165, 1.54) is 12.8 Å². The van der Waals surface area contributed by atoms with Crippen molar-refractivity contribution < 1.29 is 9.21 Å². The van der Waals surface area contributed by atoms with Gasteiger partial charge in [0.25, 0.3) is 0 Å². The molecular weight excluding hydrogens is 248 g/mol. The Morgan fingerprint density at radius 1 is 1.56 bits per heavy atom. The van der Waals surface area contributed by atoms with E-state index in [9.17, 15) is 4.79 Å². The number of nitrogens with zero attached hydrogens (tertiary/aromatic N) is 1. The van der Waals surface area contributed by atoms with E-state index in [0.717, 1.165) is 18.8 Å². The van der Waals surface area contributed by atoms with Gasteiger partial charge >= 0.3 is 0 Å². The lowest BCUT2D eigenvalue weighted by molar-refractivity contribution is -0.127. The Bertz CT molecular complexity index is 361. The standard InChI is InChI=1S/C13H20N2O2S/c1-15(9-11-3-2-8-17-11)13(16)10-18-12-4-6-14-7-5-12/h2-3,8,12,14H,4-7,9-10H2,1H3. The first-order chi connectivity index (χ1) is 8.75. The largest absolute Gasteiger partial charge is 0.467 e. The number of amides is 1. The number of carbonyl (C=O) groups excluding carboxylic acids is 1. The summed E-state index contributed by atoms with van der Waals surface area (Å²) < 4.78 is 5.24. The normalized spacial score (nSPS) is 16.7. The van der Waals surface area contributed by atoms with E-state index in [1.54, 1.807) is 22.9 Å². The van der Waals surface area contributed by atoms with Crippen LogP contribution in [-0.2, 0) is 11.3 Å². The van der Waals surface area contributed by atoms with Crippen molar-refractivity contribution in [1.82, 2.24) is 10.2 Å². The molecule has 0 spiro atoms. The first kappa shape index (κ1) is 13.5. The fourth-order valence-electron chi connectivity index (χ4n) is 1.99. The van der Waals surface area contributed by atoms with Gasteiger partial charge in [-0.25, -0.2) is 0 Å². The number of hydrogen-bond donors (Lipinski definition) is 1. The zero-order valence-corrected chi connectivity index (χ0v) is 11.5. The van der Waals surface area contributed by atoms with Gasteiger partial charge in [0, 0.05) is 12.3 Å². The van der Waals surface area contributed by atoms with Crippen molar-refractivity contribution in [2.45, 2.75) is 24.6 Å². The molecule has 0 atom stereocenters. The van der Waals surface area contributed by atoms with Crippen LogP contribution in [0.3, 0.4) is 0 Å². The molecule has 0 radical (unpaired) electrons. The predicted molar refractivity (Wildman–Crippen MR) is 73.5 cm³/mol. The molecule has 100 valence electrons. The molecule has 1 aromatic heterocycles. The van der Waals surface area contributed by atoms with Crippen molar-refractivity contribution >= 4 is 17.7 Å². The Balaban J connectivity index is 1.70. The number of piperidine rings is 1. The summed E-state index contributed by atoms with van der Waals surface area (Å²) in [4.78, 5) is 13.7. The summed E-state index contributed by atoms with van der Waals surface area (Å²) in [6.07, 6.45) is 3.97. The lowest BCUT2D eigenvalue weighted by atomic mass is 10.2. The molecular formula is C13H20N2O2S. The van der Waals surface area contributed by atoms with Gasteiger partial charge < -0.3 is 14.6 Å². The number of rotatable bonds is 5. The van der Waals surface area contributed by atoms with Crippen LogP contribution in [0.5, 0.6) is 0 Å². The van der Waals surface area contributed by atoms with E-state index in [2.05, 4.69) is 5.32 Å². The fraction of sp³-hybridized carbons (Fsp3) is 0.615. The van der Waals surface area contributed by atoms with E-state index in [1.807, 2.05) is 19.2 Å². The quantitative estimate of drug-likeness (QED) is 0.883. The van der Waals surface area contributed by atoms with Crippen LogP contribution in [0.15, 0.2) is 22.8 Å². The maximum Gasteiger partial charge on any atom is 0.232 e. The van der Waals surface area contributed by atoms with Gasteiger partial charge in [0.05, 0.1) is 18.6 Å². The van der Waals surface area contributed by atoms with Gasteiger partial charge in [-0.15, -0.1) is 11.8 Å². The number of nitrogens with one attached hydrogen (secondary N) is 1. The average Bonchev–Trinajstić information content (AvgIpc) is 2.90. The molecule has 1 amide bonds. The summed E-state index contributed by atoms with van der Waals surface area (Å²) in [6, 6.07) is 3.74. The highest BCUT2D eigenvalue weighted by Crippen LogP contribution is 2.20. The smallest absolute Gasteiger partial charge is 0.232 e. The minimum absolute atomic E-state index is 0.176. The molecule has 0 aliphatic carbocycles. The average molecular weight is 268 g/mol. The number of carbonyl (C=O) groups is 1. The monoisotopic (exact) mass is 268 g/mol. The molecule has 1 aliphatic rings. The highest BCUT2D eigenvalue weighted by molar-refractivity contribution is 8.00. The van der Waals surface area contributed by atoms with Crippen molar-refractivity contribution in [3.8, 4) is 0 Å². The molecule has 1 aromatic rings. The van der Waals surface area contributed by atoms with Crippen LogP contribution in [0.4, 0.5) is 0 Å². The van der Waals surface area contributed by atoms with Gasteiger partial charge in [-0.05, 0) is 38.1 Å². The van der Waals surface area contributed by atoms with Crippen molar-refractivity contribution in [2.75, 3.05) is 25.9 Å². The molecule has 0 bridgehead atoms. The molecule has 1 fully saturated rings. The van der Waals surface area contributed by atoms with Gasteiger partial charge in [-0.2, -0.15) is 0 Å². The minimum atomic E-state index is 0.176. The summed E-state index contributed by atoms with van der Waals surface area (Å²) in [7, 11) is 1.83. The third kappa shape index (κ3) is 4.07. The Kier molecular flexibility index (Phi) is 5.13. The van der Waals surface area contributed by atoms with E-state index in [-0.39, 0.29) is 5.91 Å². The lowest BCUT2D eigenvalue weighted by Gasteiger charge is -2.23. The molecule has 0 aromatic carbocycles. The van der Waals surface area contributed by atoms with Crippen molar-refractivity contribution in [3.63, 3.8) is 0 Å². The van der Waals surface area contributed by atoms with Gasteiger partial charge in [0.1, 0.15) is 5.76 Å². The number of furan rings is 1. The zero-order chi connectivity index (χ0) is 12.8. The van der Waals surface area contributed by atoms with Crippen LogP contribution < -0.4 is 5.32 Å². The second-order valence-corrected chi connectivity index (χ2v) is 5.88. The van der Waals surface area contributed by atoms with Gasteiger partial charge in [-0.3, -0.25) is 4.79 Å². The molecule has 4 nitrogen and oxygen atoms in total. The minimum Gasteiger partial charge on any atom is -0.467 e. The number of hydrogen-bond acceptors (Lipinski definition) is 4. The first-order valence-corrected chi connectivity index (χ1v) is 7.39. The Hall–Kier alpha value is -0.940. The van der Waals surface area contributed by atoms with Crippen LogP contribution in [0.1, 0.15) is 18.6 Å². The second kappa shape index (κ2) is 6.85. The van der Waals surface area contributed by atoms with Crippen molar-refractivity contribution in [3.05, 3.63) is 24.2 Å². The van der Waals surface area contributed by atoms with Crippen LogP contribution in [-0.4, -0.2) is 41.9 Å². The third-order valence-electron chi connectivity index (χ3n) is 3.13. The van der Waals surface area contributed by atoms with Gasteiger partial charge in [0.2, 0.25) is 5.91 Å². The third-order valence-corrected chi connectivity index (χ3v) is 4.48. The molecule has 1 saturated heterocycles. The first-order valence-electron chi connectivity index (χ1n) is 6.34. The Morgan fingerprint density at radius 3 is 3.00 bits per heavy atom. The molecule has 1 aliphatic heterocycles. The summed E-state index contributed by atoms with van der Waals surface area (Å²) in [6.45, 7) is 2.71. The highest BCUT2D eigenvalue weighted by Gasteiger charge is 2.17.